The molecular formula is C10H19NO2. The minimum Gasteiger partial charge on any atom is -0.393 e. The first kappa shape index (κ1) is 10.5. The van der Waals surface area contributed by atoms with Crippen molar-refractivity contribution in [2.75, 3.05) is 6.54 Å². The SMILES string of the molecule is CCC(O)CCNC(=O)C1CCC1. The maximum atomic E-state index is 11.3. The Labute approximate surface area is 79.5 Å². The predicted octanol–water partition coefficient (Wildman–Crippen LogP) is 1.06. The summed E-state index contributed by atoms with van der Waals surface area (Å²) < 4.78 is 0. The number of aliphatic hydroxyl groups is 1. The fourth-order valence-corrected chi connectivity index (χ4v) is 1.38. The van der Waals surface area contributed by atoms with E-state index in [9.17, 15) is 9.90 Å². The molecule has 1 saturated carbocycles. The van der Waals surface area contributed by atoms with Gasteiger partial charge in [-0.3, -0.25) is 4.79 Å². The zero-order chi connectivity index (χ0) is 9.68. The van der Waals surface area contributed by atoms with Crippen LogP contribution in [0, 0.1) is 5.92 Å². The van der Waals surface area contributed by atoms with Gasteiger partial charge in [0.2, 0.25) is 5.91 Å². The van der Waals surface area contributed by atoms with E-state index in [1.165, 1.54) is 6.42 Å². The van der Waals surface area contributed by atoms with Crippen molar-refractivity contribution in [2.24, 2.45) is 5.92 Å². The Bertz CT molecular complexity index is 166. The molecule has 0 aliphatic heterocycles. The molecule has 0 bridgehead atoms. The van der Waals surface area contributed by atoms with Gasteiger partial charge in [0, 0.05) is 12.5 Å². The van der Waals surface area contributed by atoms with Crippen molar-refractivity contribution in [3.05, 3.63) is 0 Å². The second-order valence-corrected chi connectivity index (χ2v) is 3.77. The summed E-state index contributed by atoms with van der Waals surface area (Å²) in [5.74, 6) is 0.438. The summed E-state index contributed by atoms with van der Waals surface area (Å²) in [6, 6.07) is 0. The van der Waals surface area contributed by atoms with Crippen molar-refractivity contribution < 1.29 is 9.90 Å². The van der Waals surface area contributed by atoms with Gasteiger partial charge in [-0.05, 0) is 25.7 Å². The van der Waals surface area contributed by atoms with Crippen LogP contribution in [-0.2, 0) is 4.79 Å². The van der Waals surface area contributed by atoms with Crippen LogP contribution in [0.4, 0.5) is 0 Å². The van der Waals surface area contributed by atoms with Crippen LogP contribution in [0.1, 0.15) is 39.0 Å². The van der Waals surface area contributed by atoms with Gasteiger partial charge in [-0.15, -0.1) is 0 Å². The third-order valence-electron chi connectivity index (χ3n) is 2.72. The fraction of sp³-hybridized carbons (Fsp3) is 0.900. The number of hydrogen-bond acceptors (Lipinski definition) is 2. The van der Waals surface area contributed by atoms with Crippen molar-refractivity contribution in [1.29, 1.82) is 0 Å². The molecule has 0 saturated heterocycles. The van der Waals surface area contributed by atoms with Crippen molar-refractivity contribution in [2.45, 2.75) is 45.1 Å². The first-order chi connectivity index (χ1) is 6.24. The largest absolute Gasteiger partial charge is 0.393 e. The second kappa shape index (κ2) is 5.22. The highest BCUT2D eigenvalue weighted by Crippen LogP contribution is 2.26. The maximum Gasteiger partial charge on any atom is 0.223 e. The lowest BCUT2D eigenvalue weighted by Crippen LogP contribution is -2.35. The average molecular weight is 185 g/mol. The molecule has 1 atom stereocenters. The monoisotopic (exact) mass is 185 g/mol. The van der Waals surface area contributed by atoms with Gasteiger partial charge in [0.1, 0.15) is 0 Å². The molecule has 1 aliphatic carbocycles. The first-order valence-electron chi connectivity index (χ1n) is 5.19. The first-order valence-corrected chi connectivity index (χ1v) is 5.19. The van der Waals surface area contributed by atoms with E-state index in [1.54, 1.807) is 0 Å². The lowest BCUT2D eigenvalue weighted by Gasteiger charge is -2.24. The van der Waals surface area contributed by atoms with E-state index < -0.39 is 0 Å². The Morgan fingerprint density at radius 2 is 2.31 bits per heavy atom. The number of aliphatic hydroxyl groups excluding tert-OH is 1. The Morgan fingerprint density at radius 3 is 2.77 bits per heavy atom. The molecule has 1 aliphatic rings. The minimum absolute atomic E-state index is 0.176. The molecule has 0 aromatic heterocycles. The third kappa shape index (κ3) is 3.35. The van der Waals surface area contributed by atoms with Gasteiger partial charge in [-0.25, -0.2) is 0 Å². The molecule has 0 radical (unpaired) electrons. The summed E-state index contributed by atoms with van der Waals surface area (Å²) in [6.07, 6.45) is 4.45. The van der Waals surface area contributed by atoms with Gasteiger partial charge >= 0.3 is 0 Å². The summed E-state index contributed by atoms with van der Waals surface area (Å²) in [7, 11) is 0. The quantitative estimate of drug-likeness (QED) is 0.673. The molecule has 3 heteroatoms. The van der Waals surface area contributed by atoms with Gasteiger partial charge in [0.05, 0.1) is 6.10 Å². The van der Waals surface area contributed by atoms with Crippen LogP contribution in [0.25, 0.3) is 0 Å². The molecule has 0 heterocycles. The smallest absolute Gasteiger partial charge is 0.223 e. The molecule has 0 spiro atoms. The van der Waals surface area contributed by atoms with Crippen LogP contribution in [0.2, 0.25) is 0 Å². The number of nitrogens with one attached hydrogen (secondary N) is 1. The predicted molar refractivity (Wildman–Crippen MR) is 51.3 cm³/mol. The summed E-state index contributed by atoms with van der Waals surface area (Å²) in [5, 5.41) is 12.1. The van der Waals surface area contributed by atoms with Crippen molar-refractivity contribution in [3.8, 4) is 0 Å². The van der Waals surface area contributed by atoms with Crippen LogP contribution >= 0.6 is 0 Å². The fourth-order valence-electron chi connectivity index (χ4n) is 1.38. The van der Waals surface area contributed by atoms with E-state index >= 15 is 0 Å². The van der Waals surface area contributed by atoms with Gasteiger partial charge < -0.3 is 10.4 Å². The molecule has 1 fully saturated rings. The molecule has 3 nitrogen and oxygen atoms in total. The molecule has 1 amide bonds. The molecular weight excluding hydrogens is 166 g/mol. The van der Waals surface area contributed by atoms with E-state index in [0.717, 1.165) is 19.3 Å². The Hall–Kier alpha value is -0.570. The van der Waals surface area contributed by atoms with E-state index in [2.05, 4.69) is 5.32 Å². The lowest BCUT2D eigenvalue weighted by atomic mass is 9.85. The van der Waals surface area contributed by atoms with Gasteiger partial charge in [0.25, 0.3) is 0 Å². The summed E-state index contributed by atoms with van der Waals surface area (Å²) in [4.78, 5) is 11.3. The number of amides is 1. The molecule has 2 N–H and O–H groups in total. The lowest BCUT2D eigenvalue weighted by molar-refractivity contribution is -0.127. The highest BCUT2D eigenvalue weighted by atomic mass is 16.3. The normalized spacial score (nSPS) is 19.2. The topological polar surface area (TPSA) is 49.3 Å². The van der Waals surface area contributed by atoms with E-state index in [4.69, 9.17) is 0 Å². The summed E-state index contributed by atoms with van der Waals surface area (Å²) in [5.41, 5.74) is 0. The van der Waals surface area contributed by atoms with Gasteiger partial charge in [-0.1, -0.05) is 13.3 Å². The van der Waals surface area contributed by atoms with Crippen LogP contribution in [-0.4, -0.2) is 23.7 Å². The zero-order valence-corrected chi connectivity index (χ0v) is 8.25. The van der Waals surface area contributed by atoms with Crippen LogP contribution in [0.15, 0.2) is 0 Å². The van der Waals surface area contributed by atoms with Gasteiger partial charge in [-0.2, -0.15) is 0 Å². The molecule has 0 aromatic carbocycles. The minimum atomic E-state index is -0.262. The van der Waals surface area contributed by atoms with Crippen molar-refractivity contribution in [1.82, 2.24) is 5.32 Å². The zero-order valence-electron chi connectivity index (χ0n) is 8.25. The molecule has 1 unspecified atom stereocenters. The molecule has 0 aromatic rings. The summed E-state index contributed by atoms with van der Waals surface area (Å²) >= 11 is 0. The standard InChI is InChI=1S/C10H19NO2/c1-2-9(12)6-7-11-10(13)8-4-3-5-8/h8-9,12H,2-7H2,1H3,(H,11,13). The summed E-state index contributed by atoms with van der Waals surface area (Å²) in [6.45, 7) is 2.56. The number of carbonyl (C=O) groups excluding carboxylic acids is 1. The third-order valence-corrected chi connectivity index (χ3v) is 2.72. The Morgan fingerprint density at radius 1 is 1.62 bits per heavy atom. The Balaban J connectivity index is 2.01. The number of hydrogen-bond donors (Lipinski definition) is 2. The molecule has 13 heavy (non-hydrogen) atoms. The highest BCUT2D eigenvalue weighted by molar-refractivity contribution is 5.79. The Kier molecular flexibility index (Phi) is 4.22. The second-order valence-electron chi connectivity index (χ2n) is 3.77. The van der Waals surface area contributed by atoms with Crippen molar-refractivity contribution >= 4 is 5.91 Å². The average Bonchev–Trinajstić information content (AvgIpc) is 2.01. The number of rotatable bonds is 5. The maximum absolute atomic E-state index is 11.3. The highest BCUT2D eigenvalue weighted by Gasteiger charge is 2.24. The van der Waals surface area contributed by atoms with Crippen LogP contribution < -0.4 is 5.32 Å². The van der Waals surface area contributed by atoms with Crippen LogP contribution in [0.3, 0.4) is 0 Å². The van der Waals surface area contributed by atoms with Crippen molar-refractivity contribution in [3.63, 3.8) is 0 Å². The van der Waals surface area contributed by atoms with E-state index in [-0.39, 0.29) is 17.9 Å². The van der Waals surface area contributed by atoms with Gasteiger partial charge in [0.15, 0.2) is 0 Å². The van der Waals surface area contributed by atoms with Crippen LogP contribution in [0.5, 0.6) is 0 Å². The van der Waals surface area contributed by atoms with E-state index in [1.807, 2.05) is 6.92 Å². The number of carbonyl (C=O) groups is 1. The van der Waals surface area contributed by atoms with E-state index in [0.29, 0.717) is 13.0 Å². The molecule has 76 valence electrons. The molecule has 1 rings (SSSR count).